The van der Waals surface area contributed by atoms with Gasteiger partial charge in [-0.3, -0.25) is 0 Å². The van der Waals surface area contributed by atoms with Gasteiger partial charge in [-0.15, -0.1) is 0 Å². The Bertz CT molecular complexity index is 825. The van der Waals surface area contributed by atoms with Crippen molar-refractivity contribution in [2.75, 3.05) is 20.3 Å². The van der Waals surface area contributed by atoms with Gasteiger partial charge in [0, 0.05) is 23.8 Å². The van der Waals surface area contributed by atoms with Crippen LogP contribution < -0.4 is 5.43 Å². The third kappa shape index (κ3) is 3.81. The fraction of sp³-hybridized carbons (Fsp3) is 0.333. The quantitative estimate of drug-likeness (QED) is 0.452. The monoisotopic (exact) mass is 370 g/mol. The summed E-state index contributed by atoms with van der Waals surface area (Å²) in [4.78, 5) is 0. The predicted molar refractivity (Wildman–Crippen MR) is 108 cm³/mol. The van der Waals surface area contributed by atoms with Gasteiger partial charge in [-0.2, -0.15) is 9.68 Å². The summed E-state index contributed by atoms with van der Waals surface area (Å²) < 4.78 is 7.60. The molecule has 2 aromatic rings. The molecule has 136 valence electrons. The maximum Gasteiger partial charge on any atom is 0.212 e. The number of fused-ring (bicyclic) bond motifs is 1. The molecule has 0 radical (unpaired) electrons. The lowest BCUT2D eigenvalue weighted by atomic mass is 9.82. The summed E-state index contributed by atoms with van der Waals surface area (Å²) >= 11 is 5.92. The Kier molecular flexibility index (Phi) is 5.74. The highest BCUT2D eigenvalue weighted by molar-refractivity contribution is 6.33. The first kappa shape index (κ1) is 18.6. The molecule has 0 fully saturated rings. The van der Waals surface area contributed by atoms with Gasteiger partial charge in [0.1, 0.15) is 12.8 Å². The minimum Gasteiger partial charge on any atom is -0.378 e. The number of nitrogens with zero attached hydrogens (tertiary/aromatic N) is 2. The Morgan fingerprint density at radius 2 is 1.88 bits per heavy atom. The Morgan fingerprint density at radius 3 is 2.62 bits per heavy atom. The van der Waals surface area contributed by atoms with E-state index in [1.54, 1.807) is 7.11 Å². The lowest BCUT2D eigenvalue weighted by Gasteiger charge is -2.14. The fourth-order valence-electron chi connectivity index (χ4n) is 3.34. The van der Waals surface area contributed by atoms with Crippen molar-refractivity contribution in [1.29, 1.82) is 0 Å². The highest BCUT2D eigenvalue weighted by Crippen LogP contribution is 2.38. The predicted octanol–water partition coefficient (Wildman–Crippen LogP) is 4.14. The van der Waals surface area contributed by atoms with Gasteiger partial charge in [-0.25, -0.2) is 0 Å². The summed E-state index contributed by atoms with van der Waals surface area (Å²) in [6.45, 7) is 6.60. The molecule has 1 N–H and O–H groups in total. The van der Waals surface area contributed by atoms with Gasteiger partial charge in [0.2, 0.25) is 11.4 Å². The van der Waals surface area contributed by atoms with Gasteiger partial charge in [-0.05, 0) is 31.5 Å². The van der Waals surface area contributed by atoms with Crippen molar-refractivity contribution in [3.63, 3.8) is 0 Å². The van der Waals surface area contributed by atoms with Crippen molar-refractivity contribution in [1.82, 2.24) is 5.43 Å². The third-order valence-corrected chi connectivity index (χ3v) is 5.04. The van der Waals surface area contributed by atoms with Crippen molar-refractivity contribution < 1.29 is 9.31 Å². The standard InChI is InChI=1S/C21H24ClN3O/c1-21(2)18-6-4-5-7-19(18)25(12-13-26-3)20(21)15-24-23-14-16-8-10-17(22)11-9-16/h4-11,15H,12-14H2,1-3H3/p+1. The molecule has 0 saturated heterocycles. The number of ether oxygens (including phenoxy) is 1. The minimum atomic E-state index is -0.101. The smallest absolute Gasteiger partial charge is 0.212 e. The highest BCUT2D eigenvalue weighted by Gasteiger charge is 2.44. The van der Waals surface area contributed by atoms with Crippen LogP contribution in [-0.2, 0) is 16.7 Å². The summed E-state index contributed by atoms with van der Waals surface area (Å²) in [7, 11) is 1.73. The maximum absolute atomic E-state index is 5.92. The summed E-state index contributed by atoms with van der Waals surface area (Å²) in [6, 6.07) is 16.3. The molecular formula is C21H25ClN3O+. The number of para-hydroxylation sites is 1. The molecule has 26 heavy (non-hydrogen) atoms. The van der Waals surface area contributed by atoms with Crippen LogP contribution in [0, 0.1) is 0 Å². The molecule has 2 aromatic carbocycles. The van der Waals surface area contributed by atoms with Crippen molar-refractivity contribution in [2.45, 2.75) is 25.8 Å². The van der Waals surface area contributed by atoms with Gasteiger partial charge in [-0.1, -0.05) is 41.9 Å². The molecule has 1 aliphatic rings. The van der Waals surface area contributed by atoms with Gasteiger partial charge >= 0.3 is 0 Å². The van der Waals surface area contributed by atoms with E-state index < -0.39 is 0 Å². The van der Waals surface area contributed by atoms with E-state index in [2.05, 4.69) is 53.2 Å². The van der Waals surface area contributed by atoms with Gasteiger partial charge in [0.15, 0.2) is 6.54 Å². The van der Waals surface area contributed by atoms with Gasteiger partial charge in [0.05, 0.1) is 12.0 Å². The van der Waals surface area contributed by atoms with Crippen LogP contribution in [0.4, 0.5) is 5.69 Å². The molecule has 1 heterocycles. The summed E-state index contributed by atoms with van der Waals surface area (Å²) in [6.07, 6.45) is 1.94. The van der Waals surface area contributed by atoms with Crippen LogP contribution in [-0.4, -0.2) is 36.8 Å². The first-order chi connectivity index (χ1) is 12.5. The zero-order chi connectivity index (χ0) is 18.6. The first-order valence-electron chi connectivity index (χ1n) is 8.78. The molecule has 0 bridgehead atoms. The number of nitrogens with one attached hydrogen (secondary N) is 1. The second-order valence-corrected chi connectivity index (χ2v) is 7.33. The average molecular weight is 371 g/mol. The highest BCUT2D eigenvalue weighted by atomic mass is 35.5. The van der Waals surface area contributed by atoms with Crippen molar-refractivity contribution in [3.05, 3.63) is 64.7 Å². The number of rotatable bonds is 7. The van der Waals surface area contributed by atoms with Crippen LogP contribution in [0.1, 0.15) is 25.0 Å². The van der Waals surface area contributed by atoms with E-state index in [1.165, 1.54) is 17.0 Å². The van der Waals surface area contributed by atoms with Crippen LogP contribution >= 0.6 is 11.6 Å². The fourth-order valence-corrected chi connectivity index (χ4v) is 3.47. The first-order valence-corrected chi connectivity index (χ1v) is 9.15. The number of methoxy groups -OCH3 is 1. The number of hydrogen-bond acceptors (Lipinski definition) is 3. The minimum absolute atomic E-state index is 0.101. The van der Waals surface area contributed by atoms with E-state index in [1.807, 2.05) is 30.5 Å². The topological polar surface area (TPSA) is 36.6 Å². The van der Waals surface area contributed by atoms with Crippen molar-refractivity contribution in [2.24, 2.45) is 5.10 Å². The molecule has 5 heteroatoms. The number of halogens is 1. The lowest BCUT2D eigenvalue weighted by Crippen LogP contribution is -2.32. The Hall–Kier alpha value is -2.17. The third-order valence-electron chi connectivity index (χ3n) is 4.79. The van der Waals surface area contributed by atoms with Crippen LogP contribution in [0.5, 0.6) is 0 Å². The Balaban J connectivity index is 1.79. The number of benzene rings is 2. The zero-order valence-electron chi connectivity index (χ0n) is 15.5. The van der Waals surface area contributed by atoms with Gasteiger partial charge < -0.3 is 10.2 Å². The number of hydrazone groups is 1. The molecule has 3 rings (SSSR count). The maximum atomic E-state index is 5.92. The van der Waals surface area contributed by atoms with Crippen molar-refractivity contribution >= 4 is 29.2 Å². The molecule has 4 nitrogen and oxygen atoms in total. The average Bonchev–Trinajstić information content (AvgIpc) is 2.86. The van der Waals surface area contributed by atoms with Crippen molar-refractivity contribution in [3.8, 4) is 0 Å². The van der Waals surface area contributed by atoms with E-state index in [9.17, 15) is 0 Å². The molecule has 0 atom stereocenters. The molecule has 0 amide bonds. The van der Waals surface area contributed by atoms with Crippen LogP contribution in [0.2, 0.25) is 5.02 Å². The van der Waals surface area contributed by atoms with E-state index >= 15 is 0 Å². The molecule has 0 aromatic heterocycles. The summed E-state index contributed by atoms with van der Waals surface area (Å²) in [5.41, 5.74) is 7.89. The Labute approximate surface area is 160 Å². The summed E-state index contributed by atoms with van der Waals surface area (Å²) in [5.74, 6) is 0. The van der Waals surface area contributed by atoms with Crippen LogP contribution in [0.15, 0.2) is 53.6 Å². The second-order valence-electron chi connectivity index (χ2n) is 6.89. The molecule has 0 saturated carbocycles. The molecule has 0 spiro atoms. The van der Waals surface area contributed by atoms with Gasteiger partial charge in [0.25, 0.3) is 0 Å². The molecule has 0 unspecified atom stereocenters. The van der Waals surface area contributed by atoms with E-state index in [4.69, 9.17) is 16.3 Å². The summed E-state index contributed by atoms with van der Waals surface area (Å²) in [5, 5.41) is 5.22. The van der Waals surface area contributed by atoms with E-state index in [0.717, 1.165) is 17.1 Å². The normalized spacial score (nSPS) is 15.5. The molecule has 0 aliphatic carbocycles. The number of hydrogen-bond donors (Lipinski definition) is 1. The van der Waals surface area contributed by atoms with Crippen LogP contribution in [0.3, 0.4) is 0 Å². The lowest BCUT2D eigenvalue weighted by molar-refractivity contribution is -0.440. The Morgan fingerprint density at radius 1 is 1.15 bits per heavy atom. The molecule has 1 aliphatic heterocycles. The van der Waals surface area contributed by atoms with Crippen LogP contribution in [0.25, 0.3) is 0 Å². The second kappa shape index (κ2) is 8.02. The molecular weight excluding hydrogens is 346 g/mol. The van der Waals surface area contributed by atoms with E-state index in [-0.39, 0.29) is 5.41 Å². The van der Waals surface area contributed by atoms with E-state index in [0.29, 0.717) is 13.2 Å². The largest absolute Gasteiger partial charge is 0.378 e. The zero-order valence-corrected chi connectivity index (χ0v) is 16.3. The SMILES string of the molecule is COCC[N+]1=C(/C=N/NCc2ccc(Cl)cc2)C(C)(C)c2ccccc21.